The van der Waals surface area contributed by atoms with Crippen LogP contribution in [0.1, 0.15) is 34.9 Å². The van der Waals surface area contributed by atoms with Crippen LogP contribution >= 0.6 is 0 Å². The molecule has 1 aromatic heterocycles. The largest absolute Gasteiger partial charge is 0.489 e. The molecule has 1 saturated heterocycles. The third-order valence-electron chi connectivity index (χ3n) is 6.14. The van der Waals surface area contributed by atoms with Crippen molar-refractivity contribution in [3.63, 3.8) is 0 Å². The average Bonchev–Trinajstić information content (AvgIpc) is 3.48. The maximum Gasteiger partial charge on any atom is 0.232 e. The van der Waals surface area contributed by atoms with Gasteiger partial charge in [0.2, 0.25) is 17.6 Å². The first-order valence-corrected chi connectivity index (χ1v) is 11.1. The minimum absolute atomic E-state index is 0.0772. The number of rotatable bonds is 6. The minimum atomic E-state index is -0.118. The minimum Gasteiger partial charge on any atom is -0.489 e. The van der Waals surface area contributed by atoms with Gasteiger partial charge in [0.15, 0.2) is 0 Å². The summed E-state index contributed by atoms with van der Waals surface area (Å²) in [7, 11) is 0. The first-order valence-electron chi connectivity index (χ1n) is 11.1. The van der Waals surface area contributed by atoms with Crippen molar-refractivity contribution >= 4 is 11.6 Å². The molecule has 5 rings (SSSR count). The number of anilines is 1. The van der Waals surface area contributed by atoms with Crippen molar-refractivity contribution in [1.29, 1.82) is 0 Å². The molecule has 33 heavy (non-hydrogen) atoms. The van der Waals surface area contributed by atoms with E-state index in [1.807, 2.05) is 78.6 Å². The predicted molar refractivity (Wildman–Crippen MR) is 126 cm³/mol. The zero-order valence-corrected chi connectivity index (χ0v) is 18.7. The van der Waals surface area contributed by atoms with E-state index in [2.05, 4.69) is 23.1 Å². The Morgan fingerprint density at radius 2 is 1.79 bits per heavy atom. The second-order valence-electron chi connectivity index (χ2n) is 8.38. The maximum atomic E-state index is 12.7. The quantitative estimate of drug-likeness (QED) is 0.399. The van der Waals surface area contributed by atoms with Crippen molar-refractivity contribution in [3.8, 4) is 17.1 Å². The summed E-state index contributed by atoms with van der Waals surface area (Å²) in [6.45, 7) is 5.15. The SMILES string of the molecule is Cc1cccc(N2CC(c3nc(-c4ccc(OCc5ccccc5)cc4)no3)CC2=O)c1C. The van der Waals surface area contributed by atoms with Gasteiger partial charge in [0.05, 0.1) is 5.92 Å². The van der Waals surface area contributed by atoms with Crippen molar-refractivity contribution in [2.45, 2.75) is 32.8 Å². The molecule has 1 fully saturated rings. The number of benzene rings is 3. The van der Waals surface area contributed by atoms with Crippen LogP contribution < -0.4 is 9.64 Å². The molecule has 1 aliphatic rings. The van der Waals surface area contributed by atoms with Crippen molar-refractivity contribution < 1.29 is 14.1 Å². The molecule has 3 aromatic carbocycles. The van der Waals surface area contributed by atoms with Crippen molar-refractivity contribution in [2.75, 3.05) is 11.4 Å². The molecule has 0 bridgehead atoms. The highest BCUT2D eigenvalue weighted by Gasteiger charge is 2.35. The molecule has 1 aliphatic heterocycles. The maximum absolute atomic E-state index is 12.7. The molecule has 0 saturated carbocycles. The zero-order valence-electron chi connectivity index (χ0n) is 18.7. The number of ether oxygens (including phenoxy) is 1. The van der Waals surface area contributed by atoms with Gasteiger partial charge < -0.3 is 14.2 Å². The first kappa shape index (κ1) is 20.9. The number of carbonyl (C=O) groups excluding carboxylic acids is 1. The number of aromatic nitrogens is 2. The Hall–Kier alpha value is -3.93. The van der Waals surface area contributed by atoms with Crippen LogP contribution in [0, 0.1) is 13.8 Å². The van der Waals surface area contributed by atoms with Gasteiger partial charge in [-0.2, -0.15) is 4.98 Å². The van der Waals surface area contributed by atoms with Gasteiger partial charge in [-0.1, -0.05) is 47.6 Å². The van der Waals surface area contributed by atoms with E-state index in [0.29, 0.717) is 31.3 Å². The zero-order chi connectivity index (χ0) is 22.8. The molecular formula is C27H25N3O3. The lowest BCUT2D eigenvalue weighted by molar-refractivity contribution is -0.117. The molecular weight excluding hydrogens is 414 g/mol. The number of carbonyl (C=O) groups is 1. The molecule has 4 aromatic rings. The Bertz CT molecular complexity index is 1270. The summed E-state index contributed by atoms with van der Waals surface area (Å²) >= 11 is 0. The Morgan fingerprint density at radius 1 is 1.00 bits per heavy atom. The predicted octanol–water partition coefficient (Wildman–Crippen LogP) is 5.45. The Balaban J connectivity index is 1.26. The van der Waals surface area contributed by atoms with E-state index in [1.165, 1.54) is 5.56 Å². The van der Waals surface area contributed by atoms with E-state index >= 15 is 0 Å². The van der Waals surface area contributed by atoms with Gasteiger partial charge in [0, 0.05) is 24.2 Å². The molecule has 2 heterocycles. The third kappa shape index (κ3) is 4.37. The van der Waals surface area contributed by atoms with Gasteiger partial charge in [-0.05, 0) is 60.9 Å². The van der Waals surface area contributed by atoms with Crippen LogP contribution in [0.5, 0.6) is 5.75 Å². The van der Waals surface area contributed by atoms with Crippen LogP contribution in [0.3, 0.4) is 0 Å². The smallest absolute Gasteiger partial charge is 0.232 e. The lowest BCUT2D eigenvalue weighted by atomic mass is 10.1. The van der Waals surface area contributed by atoms with Crippen LogP contribution in [0.2, 0.25) is 0 Å². The summed E-state index contributed by atoms with van der Waals surface area (Å²) in [6, 6.07) is 23.7. The highest BCUT2D eigenvalue weighted by atomic mass is 16.5. The van der Waals surface area contributed by atoms with Gasteiger partial charge in [0.1, 0.15) is 12.4 Å². The molecule has 1 unspecified atom stereocenters. The van der Waals surface area contributed by atoms with Gasteiger partial charge >= 0.3 is 0 Å². The highest BCUT2D eigenvalue weighted by Crippen LogP contribution is 2.34. The lowest BCUT2D eigenvalue weighted by Crippen LogP contribution is -2.25. The molecule has 1 atom stereocenters. The number of nitrogens with zero attached hydrogens (tertiary/aromatic N) is 3. The highest BCUT2D eigenvalue weighted by molar-refractivity contribution is 5.97. The second-order valence-corrected chi connectivity index (χ2v) is 8.38. The molecule has 0 aliphatic carbocycles. The van der Waals surface area contributed by atoms with Crippen molar-refractivity contribution in [2.24, 2.45) is 0 Å². The number of hydrogen-bond donors (Lipinski definition) is 0. The van der Waals surface area contributed by atoms with E-state index in [-0.39, 0.29) is 11.8 Å². The second kappa shape index (κ2) is 8.90. The standard InChI is InChI=1S/C27H25N3O3/c1-18-7-6-10-24(19(18)2)30-16-22(15-25(30)31)27-28-26(29-33-27)21-11-13-23(14-12-21)32-17-20-8-4-3-5-9-20/h3-14,22H,15-17H2,1-2H3. The summed E-state index contributed by atoms with van der Waals surface area (Å²) < 4.78 is 11.4. The fraction of sp³-hybridized carbons (Fsp3) is 0.222. The lowest BCUT2D eigenvalue weighted by Gasteiger charge is -2.19. The summed E-state index contributed by atoms with van der Waals surface area (Å²) in [5.41, 5.74) is 5.19. The van der Waals surface area contributed by atoms with E-state index in [9.17, 15) is 4.79 Å². The Kier molecular flexibility index (Phi) is 5.65. The van der Waals surface area contributed by atoms with Crippen molar-refractivity contribution in [1.82, 2.24) is 10.1 Å². The molecule has 0 radical (unpaired) electrons. The Labute approximate surface area is 192 Å². The molecule has 166 valence electrons. The van der Waals surface area contributed by atoms with E-state index in [0.717, 1.165) is 28.1 Å². The summed E-state index contributed by atoms with van der Waals surface area (Å²) in [4.78, 5) is 19.1. The molecule has 1 amide bonds. The monoisotopic (exact) mass is 439 g/mol. The normalized spacial score (nSPS) is 15.8. The van der Waals surface area contributed by atoms with E-state index in [1.54, 1.807) is 0 Å². The van der Waals surface area contributed by atoms with Gasteiger partial charge in [-0.3, -0.25) is 4.79 Å². The average molecular weight is 440 g/mol. The van der Waals surface area contributed by atoms with Crippen LogP contribution in [-0.2, 0) is 11.4 Å². The van der Waals surface area contributed by atoms with E-state index < -0.39 is 0 Å². The van der Waals surface area contributed by atoms with Crippen LogP contribution in [0.25, 0.3) is 11.4 Å². The van der Waals surface area contributed by atoms with Gasteiger partial charge in [0.25, 0.3) is 0 Å². The summed E-state index contributed by atoms with van der Waals surface area (Å²) in [6.07, 6.45) is 0.362. The molecule has 0 N–H and O–H groups in total. The fourth-order valence-corrected chi connectivity index (χ4v) is 4.09. The van der Waals surface area contributed by atoms with Crippen LogP contribution in [0.4, 0.5) is 5.69 Å². The topological polar surface area (TPSA) is 68.5 Å². The van der Waals surface area contributed by atoms with Crippen molar-refractivity contribution in [3.05, 3.63) is 95.4 Å². The van der Waals surface area contributed by atoms with Crippen LogP contribution in [0.15, 0.2) is 77.3 Å². The van der Waals surface area contributed by atoms with Crippen LogP contribution in [-0.4, -0.2) is 22.6 Å². The van der Waals surface area contributed by atoms with E-state index in [4.69, 9.17) is 9.26 Å². The molecule has 6 heteroatoms. The fourth-order valence-electron chi connectivity index (χ4n) is 4.09. The Morgan fingerprint density at radius 3 is 2.58 bits per heavy atom. The molecule has 0 spiro atoms. The first-order chi connectivity index (χ1) is 16.1. The van der Waals surface area contributed by atoms with Gasteiger partial charge in [-0.15, -0.1) is 0 Å². The molecule has 6 nitrogen and oxygen atoms in total. The number of aryl methyl sites for hydroxylation is 1. The third-order valence-corrected chi connectivity index (χ3v) is 6.14. The number of amides is 1. The number of hydrogen-bond acceptors (Lipinski definition) is 5. The summed E-state index contributed by atoms with van der Waals surface area (Å²) in [5.74, 6) is 1.74. The summed E-state index contributed by atoms with van der Waals surface area (Å²) in [5, 5.41) is 4.15. The van der Waals surface area contributed by atoms with Gasteiger partial charge in [-0.25, -0.2) is 0 Å².